The average molecular weight is 518 g/mol. The van der Waals surface area contributed by atoms with E-state index in [2.05, 4.69) is 10.6 Å². The molecular formula is C30H35N3O5. The zero-order chi connectivity index (χ0) is 27.5. The summed E-state index contributed by atoms with van der Waals surface area (Å²) >= 11 is 0. The van der Waals surface area contributed by atoms with Crippen molar-refractivity contribution in [2.75, 3.05) is 13.7 Å². The van der Waals surface area contributed by atoms with Crippen molar-refractivity contribution in [2.45, 2.75) is 45.2 Å². The average Bonchev–Trinajstić information content (AvgIpc) is 3.41. The van der Waals surface area contributed by atoms with Gasteiger partial charge in [0.15, 0.2) is 0 Å². The highest BCUT2D eigenvalue weighted by atomic mass is 16.5. The van der Waals surface area contributed by atoms with Crippen molar-refractivity contribution >= 4 is 35.8 Å². The summed E-state index contributed by atoms with van der Waals surface area (Å²) in [6.07, 6.45) is 6.11. The molecule has 2 aromatic rings. The Bertz CT molecular complexity index is 1170. The van der Waals surface area contributed by atoms with Gasteiger partial charge in [-0.25, -0.2) is 4.79 Å². The van der Waals surface area contributed by atoms with E-state index in [0.29, 0.717) is 25.8 Å². The molecule has 38 heavy (non-hydrogen) atoms. The third-order valence-corrected chi connectivity index (χ3v) is 6.15. The standard InChI is InChI=1S/C30H35N3O5/c1-21(2)19-25(30(37)38-3)32-28(35)26-15-10-18-33(26)29(36)24(20-23-13-8-5-9-14-23)31-27(34)17-16-22-11-6-4-7-12-22/h4-9,11-14,16-17,20-21,25-26H,10,15,18-19H2,1-3H3,(H,31,34)(H,32,35)/b17-16+,24-20+/t25-,26-/m0/s1. The quantitative estimate of drug-likeness (QED) is 0.371. The van der Waals surface area contributed by atoms with Gasteiger partial charge in [-0.15, -0.1) is 0 Å². The summed E-state index contributed by atoms with van der Waals surface area (Å²) in [5.41, 5.74) is 1.64. The van der Waals surface area contributed by atoms with Crippen molar-refractivity contribution in [3.63, 3.8) is 0 Å². The molecule has 1 aliphatic heterocycles. The number of hydrogen-bond donors (Lipinski definition) is 2. The number of methoxy groups -OCH3 is 1. The summed E-state index contributed by atoms with van der Waals surface area (Å²) in [6.45, 7) is 4.25. The second-order valence-corrected chi connectivity index (χ2v) is 9.57. The highest BCUT2D eigenvalue weighted by molar-refractivity contribution is 6.05. The Morgan fingerprint density at radius 2 is 1.63 bits per heavy atom. The van der Waals surface area contributed by atoms with Crippen molar-refractivity contribution in [3.05, 3.63) is 83.6 Å². The maximum Gasteiger partial charge on any atom is 0.328 e. The lowest BCUT2D eigenvalue weighted by Gasteiger charge is -2.27. The number of nitrogens with one attached hydrogen (secondary N) is 2. The van der Waals surface area contributed by atoms with E-state index in [0.717, 1.165) is 11.1 Å². The van der Waals surface area contributed by atoms with Gasteiger partial charge in [-0.2, -0.15) is 0 Å². The number of amides is 3. The molecule has 2 aromatic carbocycles. The van der Waals surface area contributed by atoms with E-state index >= 15 is 0 Å². The molecular weight excluding hydrogens is 482 g/mol. The Hall–Kier alpha value is -4.20. The minimum atomic E-state index is -0.799. The van der Waals surface area contributed by atoms with Gasteiger partial charge in [-0.05, 0) is 48.5 Å². The van der Waals surface area contributed by atoms with E-state index in [-0.39, 0.29) is 11.6 Å². The van der Waals surface area contributed by atoms with Crippen molar-refractivity contribution in [1.29, 1.82) is 0 Å². The lowest BCUT2D eigenvalue weighted by atomic mass is 10.0. The molecule has 0 unspecified atom stereocenters. The molecule has 8 heteroatoms. The van der Waals surface area contributed by atoms with Crippen molar-refractivity contribution < 1.29 is 23.9 Å². The van der Waals surface area contributed by atoms with Crippen LogP contribution in [-0.2, 0) is 23.9 Å². The van der Waals surface area contributed by atoms with Gasteiger partial charge >= 0.3 is 5.97 Å². The van der Waals surface area contributed by atoms with E-state index < -0.39 is 35.8 Å². The lowest BCUT2D eigenvalue weighted by molar-refractivity contribution is -0.146. The van der Waals surface area contributed by atoms with Gasteiger partial charge in [-0.1, -0.05) is 74.5 Å². The Kier molecular flexibility index (Phi) is 10.4. The number of carbonyl (C=O) groups is 4. The molecule has 1 saturated heterocycles. The van der Waals surface area contributed by atoms with Crippen LogP contribution in [0.15, 0.2) is 72.4 Å². The number of carbonyl (C=O) groups excluding carboxylic acids is 4. The van der Waals surface area contributed by atoms with Crippen LogP contribution in [0.4, 0.5) is 0 Å². The molecule has 2 N–H and O–H groups in total. The van der Waals surface area contributed by atoms with Gasteiger partial charge in [0.05, 0.1) is 7.11 Å². The molecule has 1 heterocycles. The number of nitrogens with zero attached hydrogens (tertiary/aromatic N) is 1. The van der Waals surface area contributed by atoms with E-state index in [1.165, 1.54) is 18.1 Å². The minimum absolute atomic E-state index is 0.0605. The van der Waals surface area contributed by atoms with Gasteiger partial charge in [0, 0.05) is 12.6 Å². The van der Waals surface area contributed by atoms with Crippen LogP contribution in [-0.4, -0.2) is 54.3 Å². The third kappa shape index (κ3) is 8.16. The van der Waals surface area contributed by atoms with E-state index in [1.54, 1.807) is 12.2 Å². The van der Waals surface area contributed by atoms with Crippen LogP contribution in [0.1, 0.15) is 44.2 Å². The molecule has 0 radical (unpaired) electrons. The number of ether oxygens (including phenoxy) is 1. The Labute approximate surface area is 223 Å². The second kappa shape index (κ2) is 13.9. The molecule has 3 rings (SSSR count). The van der Waals surface area contributed by atoms with Crippen molar-refractivity contribution in [3.8, 4) is 0 Å². The molecule has 8 nitrogen and oxygen atoms in total. The Morgan fingerprint density at radius 1 is 1.00 bits per heavy atom. The van der Waals surface area contributed by atoms with Gasteiger partial charge in [0.25, 0.3) is 5.91 Å². The molecule has 0 aliphatic carbocycles. The highest BCUT2D eigenvalue weighted by Crippen LogP contribution is 2.21. The van der Waals surface area contributed by atoms with Crippen molar-refractivity contribution in [1.82, 2.24) is 15.5 Å². The Morgan fingerprint density at radius 3 is 2.24 bits per heavy atom. The third-order valence-electron chi connectivity index (χ3n) is 6.15. The van der Waals surface area contributed by atoms with Crippen LogP contribution in [0, 0.1) is 5.92 Å². The first kappa shape index (κ1) is 28.4. The van der Waals surface area contributed by atoms with E-state index in [4.69, 9.17) is 4.74 Å². The van der Waals surface area contributed by atoms with Crippen molar-refractivity contribution in [2.24, 2.45) is 5.92 Å². The zero-order valence-electron chi connectivity index (χ0n) is 22.1. The summed E-state index contributed by atoms with van der Waals surface area (Å²) in [5.74, 6) is -1.72. The first-order valence-corrected chi connectivity index (χ1v) is 12.8. The highest BCUT2D eigenvalue weighted by Gasteiger charge is 2.37. The molecule has 3 amide bonds. The van der Waals surface area contributed by atoms with Crippen LogP contribution in [0.3, 0.4) is 0 Å². The van der Waals surface area contributed by atoms with Gasteiger partial charge in [-0.3, -0.25) is 14.4 Å². The second-order valence-electron chi connectivity index (χ2n) is 9.57. The first-order valence-electron chi connectivity index (χ1n) is 12.8. The number of rotatable bonds is 10. The first-order chi connectivity index (χ1) is 18.3. The van der Waals surface area contributed by atoms with Gasteiger partial charge in [0.1, 0.15) is 17.8 Å². The normalized spacial score (nSPS) is 16.4. The SMILES string of the molecule is COC(=O)[C@H](CC(C)C)NC(=O)[C@@H]1CCCN1C(=O)/C(=C\c1ccccc1)NC(=O)/C=C/c1ccccc1. The molecule has 0 spiro atoms. The number of likely N-dealkylation sites (tertiary alicyclic amines) is 1. The summed E-state index contributed by atoms with van der Waals surface area (Å²) < 4.78 is 4.86. The largest absolute Gasteiger partial charge is 0.467 e. The molecule has 0 aromatic heterocycles. The number of hydrogen-bond acceptors (Lipinski definition) is 5. The monoisotopic (exact) mass is 517 g/mol. The lowest BCUT2D eigenvalue weighted by Crippen LogP contribution is -2.52. The maximum absolute atomic E-state index is 13.7. The summed E-state index contributed by atoms with van der Waals surface area (Å²) in [5, 5.41) is 5.47. The van der Waals surface area contributed by atoms with Crippen LogP contribution in [0.2, 0.25) is 0 Å². The minimum Gasteiger partial charge on any atom is -0.467 e. The topological polar surface area (TPSA) is 105 Å². The predicted octanol–water partition coefficient (Wildman–Crippen LogP) is 3.55. The summed E-state index contributed by atoms with van der Waals surface area (Å²) in [4.78, 5) is 53.3. The molecule has 0 saturated carbocycles. The predicted molar refractivity (Wildman–Crippen MR) is 146 cm³/mol. The van der Waals surface area contributed by atoms with Crippen LogP contribution >= 0.6 is 0 Å². The van der Waals surface area contributed by atoms with Gasteiger partial charge in [0.2, 0.25) is 11.8 Å². The smallest absolute Gasteiger partial charge is 0.328 e. The number of benzene rings is 2. The summed E-state index contributed by atoms with van der Waals surface area (Å²) in [7, 11) is 1.28. The fourth-order valence-electron chi connectivity index (χ4n) is 4.31. The molecule has 1 fully saturated rings. The molecule has 200 valence electrons. The maximum atomic E-state index is 13.7. The van der Waals surface area contributed by atoms with Gasteiger partial charge < -0.3 is 20.3 Å². The van der Waals surface area contributed by atoms with Crippen LogP contribution < -0.4 is 10.6 Å². The Balaban J connectivity index is 1.81. The fourth-order valence-corrected chi connectivity index (χ4v) is 4.31. The van der Waals surface area contributed by atoms with E-state index in [9.17, 15) is 19.2 Å². The number of esters is 1. The molecule has 2 atom stereocenters. The molecule has 1 aliphatic rings. The van der Waals surface area contributed by atoms with Crippen LogP contribution in [0.25, 0.3) is 12.2 Å². The fraction of sp³-hybridized carbons (Fsp3) is 0.333. The molecule has 0 bridgehead atoms. The zero-order valence-corrected chi connectivity index (χ0v) is 22.1. The van der Waals surface area contributed by atoms with Crippen LogP contribution in [0.5, 0.6) is 0 Å². The van der Waals surface area contributed by atoms with E-state index in [1.807, 2.05) is 74.5 Å². The summed E-state index contributed by atoms with van der Waals surface area (Å²) in [6, 6.07) is 16.9.